The molecule has 4 nitrogen and oxygen atoms in total. The van der Waals surface area contributed by atoms with E-state index in [1.165, 1.54) is 0 Å². The van der Waals surface area contributed by atoms with Crippen LogP contribution >= 0.6 is 0 Å². The summed E-state index contributed by atoms with van der Waals surface area (Å²) in [5.41, 5.74) is 0. The highest BCUT2D eigenvalue weighted by molar-refractivity contribution is 5.77. The molecule has 1 amide bonds. The van der Waals surface area contributed by atoms with Crippen LogP contribution in [0, 0.1) is 0 Å². The van der Waals surface area contributed by atoms with Gasteiger partial charge in [-0.1, -0.05) is 0 Å². The Morgan fingerprint density at radius 2 is 2.27 bits per heavy atom. The fraction of sp³-hybridized carbons (Fsp3) is 0.909. The van der Waals surface area contributed by atoms with Crippen LogP contribution in [0.5, 0.6) is 0 Å². The molecule has 2 N–H and O–H groups in total. The number of ether oxygens (including phenoxy) is 1. The summed E-state index contributed by atoms with van der Waals surface area (Å²) >= 11 is 0. The highest BCUT2D eigenvalue weighted by atomic mass is 16.5. The van der Waals surface area contributed by atoms with Crippen LogP contribution in [0.15, 0.2) is 0 Å². The Hall–Kier alpha value is -0.610. The van der Waals surface area contributed by atoms with Crippen molar-refractivity contribution in [3.63, 3.8) is 0 Å². The number of carbonyl (C=O) groups is 1. The van der Waals surface area contributed by atoms with Gasteiger partial charge in [0, 0.05) is 12.1 Å². The van der Waals surface area contributed by atoms with Crippen molar-refractivity contribution in [3.05, 3.63) is 0 Å². The Bertz CT molecular complexity index is 229. The van der Waals surface area contributed by atoms with Crippen molar-refractivity contribution in [2.45, 2.75) is 50.8 Å². The van der Waals surface area contributed by atoms with Gasteiger partial charge in [-0.3, -0.25) is 4.79 Å². The predicted molar refractivity (Wildman–Crippen MR) is 57.6 cm³/mol. The fourth-order valence-corrected chi connectivity index (χ4v) is 1.92. The van der Waals surface area contributed by atoms with Crippen LogP contribution in [-0.2, 0) is 9.53 Å². The Morgan fingerprint density at radius 3 is 2.93 bits per heavy atom. The molecular weight excluding hydrogens is 192 g/mol. The first kappa shape index (κ1) is 10.9. The summed E-state index contributed by atoms with van der Waals surface area (Å²) in [4.78, 5) is 11.4. The van der Waals surface area contributed by atoms with E-state index >= 15 is 0 Å². The summed E-state index contributed by atoms with van der Waals surface area (Å²) in [6, 6.07) is 0.801. The first-order chi connectivity index (χ1) is 7.25. The van der Waals surface area contributed by atoms with Gasteiger partial charge in [-0.05, 0) is 39.2 Å². The molecule has 2 atom stereocenters. The molecule has 1 aliphatic carbocycles. The predicted octanol–water partition coefficient (Wildman–Crippen LogP) is 0.422. The maximum Gasteiger partial charge on any atom is 0.246 e. The van der Waals surface area contributed by atoms with E-state index in [-0.39, 0.29) is 18.6 Å². The lowest BCUT2D eigenvalue weighted by molar-refractivity contribution is -0.128. The highest BCUT2D eigenvalue weighted by Crippen LogP contribution is 2.18. The maximum atomic E-state index is 11.4. The molecule has 1 saturated heterocycles. The lowest BCUT2D eigenvalue weighted by Crippen LogP contribution is -2.45. The summed E-state index contributed by atoms with van der Waals surface area (Å²) < 4.78 is 5.61. The van der Waals surface area contributed by atoms with Crippen LogP contribution in [0.1, 0.15) is 32.6 Å². The van der Waals surface area contributed by atoms with Crippen molar-refractivity contribution in [1.82, 2.24) is 10.6 Å². The van der Waals surface area contributed by atoms with Gasteiger partial charge in [0.05, 0.1) is 6.10 Å². The normalized spacial score (nSPS) is 31.3. The number of hydrogen-bond donors (Lipinski definition) is 2. The van der Waals surface area contributed by atoms with E-state index in [9.17, 15) is 4.79 Å². The first-order valence-corrected chi connectivity index (χ1v) is 5.90. The maximum absolute atomic E-state index is 11.4. The molecule has 2 fully saturated rings. The molecule has 0 aromatic rings. The quantitative estimate of drug-likeness (QED) is 0.710. The van der Waals surface area contributed by atoms with Gasteiger partial charge in [0.2, 0.25) is 5.91 Å². The zero-order valence-corrected chi connectivity index (χ0v) is 9.29. The topological polar surface area (TPSA) is 50.4 Å². The number of carbonyl (C=O) groups excluding carboxylic acids is 1. The molecule has 2 rings (SSSR count). The number of nitrogens with one attached hydrogen (secondary N) is 2. The largest absolute Gasteiger partial charge is 0.367 e. The van der Waals surface area contributed by atoms with Gasteiger partial charge in [-0.15, -0.1) is 0 Å². The smallest absolute Gasteiger partial charge is 0.246 e. The average Bonchev–Trinajstić information content (AvgIpc) is 3.00. The number of piperidine rings is 1. The van der Waals surface area contributed by atoms with Crippen molar-refractivity contribution >= 4 is 5.91 Å². The van der Waals surface area contributed by atoms with Crippen LogP contribution in [0.2, 0.25) is 0 Å². The summed E-state index contributed by atoms with van der Waals surface area (Å²) in [5, 5.41) is 6.28. The average molecular weight is 212 g/mol. The van der Waals surface area contributed by atoms with Gasteiger partial charge in [-0.2, -0.15) is 0 Å². The van der Waals surface area contributed by atoms with E-state index in [1.54, 1.807) is 0 Å². The monoisotopic (exact) mass is 212 g/mol. The standard InChI is InChI=1S/C11H20N2O2/c1-8-10(3-2-6-12-8)15-7-11(14)13-9-4-5-9/h8-10,12H,2-7H2,1H3,(H,13,14). The molecule has 15 heavy (non-hydrogen) atoms. The van der Waals surface area contributed by atoms with Crippen LogP contribution in [0.4, 0.5) is 0 Å². The SMILES string of the molecule is CC1NCCCC1OCC(=O)NC1CC1. The van der Waals surface area contributed by atoms with E-state index in [1.807, 2.05) is 0 Å². The summed E-state index contributed by atoms with van der Waals surface area (Å²) in [5.74, 6) is 0.0373. The van der Waals surface area contributed by atoms with Crippen LogP contribution < -0.4 is 10.6 Å². The van der Waals surface area contributed by atoms with E-state index in [4.69, 9.17) is 4.74 Å². The molecule has 0 bridgehead atoms. The van der Waals surface area contributed by atoms with Crippen LogP contribution in [0.25, 0.3) is 0 Å². The molecule has 0 aromatic heterocycles. The first-order valence-electron chi connectivity index (χ1n) is 5.90. The number of hydrogen-bond acceptors (Lipinski definition) is 3. The minimum absolute atomic E-state index is 0.0373. The molecular formula is C11H20N2O2. The lowest BCUT2D eigenvalue weighted by Gasteiger charge is -2.29. The molecule has 2 aliphatic rings. The van der Waals surface area contributed by atoms with E-state index in [0.717, 1.165) is 32.2 Å². The Labute approximate surface area is 90.8 Å². The second-order valence-corrected chi connectivity index (χ2v) is 4.58. The molecule has 2 unspecified atom stereocenters. The van der Waals surface area contributed by atoms with Crippen molar-refractivity contribution in [2.75, 3.05) is 13.2 Å². The number of rotatable bonds is 4. The second kappa shape index (κ2) is 4.94. The van der Waals surface area contributed by atoms with E-state index < -0.39 is 0 Å². The lowest BCUT2D eigenvalue weighted by atomic mass is 10.0. The third-order valence-corrected chi connectivity index (χ3v) is 3.06. The van der Waals surface area contributed by atoms with Crippen LogP contribution in [0.3, 0.4) is 0 Å². The molecule has 4 heteroatoms. The highest BCUT2D eigenvalue weighted by Gasteiger charge is 2.25. The Balaban J connectivity index is 1.64. The van der Waals surface area contributed by atoms with Crippen molar-refractivity contribution < 1.29 is 9.53 Å². The zero-order valence-electron chi connectivity index (χ0n) is 9.29. The van der Waals surface area contributed by atoms with Gasteiger partial charge in [0.1, 0.15) is 6.61 Å². The van der Waals surface area contributed by atoms with E-state index in [0.29, 0.717) is 12.1 Å². The minimum Gasteiger partial charge on any atom is -0.367 e. The zero-order chi connectivity index (χ0) is 10.7. The molecule has 0 radical (unpaired) electrons. The molecule has 1 aliphatic heterocycles. The minimum atomic E-state index is 0.0373. The van der Waals surface area contributed by atoms with Crippen molar-refractivity contribution in [3.8, 4) is 0 Å². The summed E-state index contributed by atoms with van der Waals surface area (Å²) in [7, 11) is 0. The van der Waals surface area contributed by atoms with Gasteiger partial charge < -0.3 is 15.4 Å². The third-order valence-electron chi connectivity index (χ3n) is 3.06. The van der Waals surface area contributed by atoms with Gasteiger partial charge >= 0.3 is 0 Å². The molecule has 86 valence electrons. The van der Waals surface area contributed by atoms with Crippen molar-refractivity contribution in [2.24, 2.45) is 0 Å². The second-order valence-electron chi connectivity index (χ2n) is 4.58. The molecule has 1 heterocycles. The summed E-state index contributed by atoms with van der Waals surface area (Å²) in [6.07, 6.45) is 4.66. The molecule has 1 saturated carbocycles. The Morgan fingerprint density at radius 1 is 1.47 bits per heavy atom. The van der Waals surface area contributed by atoms with Gasteiger partial charge in [-0.25, -0.2) is 0 Å². The summed E-state index contributed by atoms with van der Waals surface area (Å²) in [6.45, 7) is 3.39. The van der Waals surface area contributed by atoms with E-state index in [2.05, 4.69) is 17.6 Å². The Kier molecular flexibility index (Phi) is 3.59. The van der Waals surface area contributed by atoms with Gasteiger partial charge in [0.25, 0.3) is 0 Å². The molecule has 0 aromatic carbocycles. The molecule has 0 spiro atoms. The van der Waals surface area contributed by atoms with Crippen LogP contribution in [-0.4, -0.2) is 37.2 Å². The van der Waals surface area contributed by atoms with Gasteiger partial charge in [0.15, 0.2) is 0 Å². The fourth-order valence-electron chi connectivity index (χ4n) is 1.92. The number of amides is 1. The third kappa shape index (κ3) is 3.47. The van der Waals surface area contributed by atoms with Crippen molar-refractivity contribution in [1.29, 1.82) is 0 Å².